The van der Waals surface area contributed by atoms with Crippen LogP contribution in [0.4, 0.5) is 0 Å². The molecule has 2 rings (SSSR count). The van der Waals surface area contributed by atoms with Crippen LogP contribution in [0.5, 0.6) is 0 Å². The van der Waals surface area contributed by atoms with Crippen LogP contribution in [-0.4, -0.2) is 5.78 Å². The maximum absolute atomic E-state index is 12.1. The zero-order valence-corrected chi connectivity index (χ0v) is 8.57. The standard InChI is InChI=1S/C13H16O/c1-10-6-5-9-12(10)13(14)11-7-3-2-4-8-11/h2-4,7-8,10,12H,5-6,9H2,1H3/t10-,12?/m1/s1. The lowest BCUT2D eigenvalue weighted by Crippen LogP contribution is -2.16. The van der Waals surface area contributed by atoms with Crippen molar-refractivity contribution in [2.24, 2.45) is 11.8 Å². The third-order valence-electron chi connectivity index (χ3n) is 3.26. The van der Waals surface area contributed by atoms with Crippen molar-refractivity contribution >= 4 is 5.78 Å². The molecule has 0 spiro atoms. The topological polar surface area (TPSA) is 17.1 Å². The van der Waals surface area contributed by atoms with Crippen molar-refractivity contribution in [3.05, 3.63) is 35.9 Å². The summed E-state index contributed by atoms with van der Waals surface area (Å²) < 4.78 is 0. The number of carbonyl (C=O) groups excluding carboxylic acids is 1. The zero-order chi connectivity index (χ0) is 9.97. The van der Waals surface area contributed by atoms with Gasteiger partial charge in [-0.25, -0.2) is 0 Å². The van der Waals surface area contributed by atoms with Crippen molar-refractivity contribution in [1.82, 2.24) is 0 Å². The average Bonchev–Trinajstić information content (AvgIpc) is 2.65. The highest BCUT2D eigenvalue weighted by Gasteiger charge is 2.29. The van der Waals surface area contributed by atoms with Crippen LogP contribution in [0.1, 0.15) is 36.5 Å². The molecule has 0 amide bonds. The maximum atomic E-state index is 12.1. The first-order valence-electron chi connectivity index (χ1n) is 5.38. The Morgan fingerprint density at radius 3 is 2.50 bits per heavy atom. The molecule has 1 unspecified atom stereocenters. The van der Waals surface area contributed by atoms with Crippen molar-refractivity contribution < 1.29 is 4.79 Å². The molecule has 1 fully saturated rings. The van der Waals surface area contributed by atoms with Crippen LogP contribution in [-0.2, 0) is 0 Å². The normalized spacial score (nSPS) is 26.4. The average molecular weight is 188 g/mol. The molecule has 0 heterocycles. The Labute approximate surface area is 85.1 Å². The molecule has 1 aliphatic rings. The van der Waals surface area contributed by atoms with E-state index in [9.17, 15) is 4.79 Å². The highest BCUT2D eigenvalue weighted by Crippen LogP contribution is 2.33. The molecule has 0 saturated heterocycles. The van der Waals surface area contributed by atoms with Crippen molar-refractivity contribution in [2.75, 3.05) is 0 Å². The fraction of sp³-hybridized carbons (Fsp3) is 0.462. The number of ketones is 1. The van der Waals surface area contributed by atoms with E-state index in [0.29, 0.717) is 11.7 Å². The minimum absolute atomic E-state index is 0.275. The molecule has 0 aromatic heterocycles. The summed E-state index contributed by atoms with van der Waals surface area (Å²) in [7, 11) is 0. The van der Waals surface area contributed by atoms with E-state index >= 15 is 0 Å². The number of benzene rings is 1. The molecule has 1 heteroatoms. The maximum Gasteiger partial charge on any atom is 0.166 e. The quantitative estimate of drug-likeness (QED) is 0.651. The summed E-state index contributed by atoms with van der Waals surface area (Å²) in [5, 5.41) is 0. The summed E-state index contributed by atoms with van der Waals surface area (Å²) in [5.41, 5.74) is 0.881. The van der Waals surface area contributed by atoms with Crippen LogP contribution in [0.15, 0.2) is 30.3 Å². The third-order valence-corrected chi connectivity index (χ3v) is 3.26. The molecular weight excluding hydrogens is 172 g/mol. The van der Waals surface area contributed by atoms with Crippen LogP contribution in [0, 0.1) is 11.8 Å². The van der Waals surface area contributed by atoms with Gasteiger partial charge in [0.25, 0.3) is 0 Å². The van der Waals surface area contributed by atoms with Crippen molar-refractivity contribution in [3.63, 3.8) is 0 Å². The van der Waals surface area contributed by atoms with E-state index in [-0.39, 0.29) is 5.92 Å². The molecule has 0 bridgehead atoms. The predicted octanol–water partition coefficient (Wildman–Crippen LogP) is 3.31. The van der Waals surface area contributed by atoms with E-state index in [2.05, 4.69) is 6.92 Å². The molecule has 1 aromatic rings. The number of hydrogen-bond donors (Lipinski definition) is 0. The Hall–Kier alpha value is -1.11. The minimum Gasteiger partial charge on any atom is -0.294 e. The smallest absolute Gasteiger partial charge is 0.166 e. The number of Topliss-reactive ketones (excluding diaryl/α,β-unsaturated/α-hetero) is 1. The van der Waals surface area contributed by atoms with E-state index in [1.807, 2.05) is 30.3 Å². The predicted molar refractivity (Wildman–Crippen MR) is 57.3 cm³/mol. The van der Waals surface area contributed by atoms with Gasteiger partial charge in [0.1, 0.15) is 0 Å². The lowest BCUT2D eigenvalue weighted by molar-refractivity contribution is 0.0897. The number of carbonyl (C=O) groups is 1. The molecule has 1 saturated carbocycles. The Morgan fingerprint density at radius 1 is 1.21 bits per heavy atom. The monoisotopic (exact) mass is 188 g/mol. The van der Waals surface area contributed by atoms with Crippen LogP contribution in [0.3, 0.4) is 0 Å². The molecule has 0 aliphatic heterocycles. The Balaban J connectivity index is 2.16. The van der Waals surface area contributed by atoms with Gasteiger partial charge >= 0.3 is 0 Å². The van der Waals surface area contributed by atoms with Gasteiger partial charge in [0.05, 0.1) is 0 Å². The molecule has 0 N–H and O–H groups in total. The molecule has 1 aromatic carbocycles. The van der Waals surface area contributed by atoms with Gasteiger partial charge in [0.15, 0.2) is 5.78 Å². The second kappa shape index (κ2) is 3.95. The fourth-order valence-electron chi connectivity index (χ4n) is 2.35. The molecule has 2 atom stereocenters. The fourth-order valence-corrected chi connectivity index (χ4v) is 2.35. The molecule has 14 heavy (non-hydrogen) atoms. The van der Waals surface area contributed by atoms with Gasteiger partial charge in [0.2, 0.25) is 0 Å². The Bertz CT molecular complexity index is 315. The highest BCUT2D eigenvalue weighted by atomic mass is 16.1. The largest absolute Gasteiger partial charge is 0.294 e. The number of hydrogen-bond acceptors (Lipinski definition) is 1. The lowest BCUT2D eigenvalue weighted by Gasteiger charge is -2.13. The Kier molecular flexibility index (Phi) is 2.67. The van der Waals surface area contributed by atoms with Gasteiger partial charge in [-0.15, -0.1) is 0 Å². The summed E-state index contributed by atoms with van der Waals surface area (Å²) in [6.45, 7) is 2.19. The van der Waals surface area contributed by atoms with E-state index in [4.69, 9.17) is 0 Å². The second-order valence-electron chi connectivity index (χ2n) is 4.24. The van der Waals surface area contributed by atoms with E-state index in [1.165, 1.54) is 12.8 Å². The van der Waals surface area contributed by atoms with E-state index < -0.39 is 0 Å². The van der Waals surface area contributed by atoms with Gasteiger partial charge in [-0.3, -0.25) is 4.79 Å². The zero-order valence-electron chi connectivity index (χ0n) is 8.57. The second-order valence-corrected chi connectivity index (χ2v) is 4.24. The van der Waals surface area contributed by atoms with Crippen LogP contribution in [0.2, 0.25) is 0 Å². The molecule has 0 radical (unpaired) electrons. The van der Waals surface area contributed by atoms with Crippen molar-refractivity contribution in [2.45, 2.75) is 26.2 Å². The van der Waals surface area contributed by atoms with Crippen molar-refractivity contribution in [3.8, 4) is 0 Å². The van der Waals surface area contributed by atoms with Crippen LogP contribution in [0.25, 0.3) is 0 Å². The summed E-state index contributed by atoms with van der Waals surface area (Å²) in [6.07, 6.45) is 3.50. The summed E-state index contributed by atoms with van der Waals surface area (Å²) in [6, 6.07) is 9.68. The number of rotatable bonds is 2. The van der Waals surface area contributed by atoms with E-state index in [0.717, 1.165) is 12.0 Å². The minimum atomic E-state index is 0.275. The first-order valence-corrected chi connectivity index (χ1v) is 5.38. The van der Waals surface area contributed by atoms with Crippen LogP contribution < -0.4 is 0 Å². The van der Waals surface area contributed by atoms with E-state index in [1.54, 1.807) is 0 Å². The van der Waals surface area contributed by atoms with Gasteiger partial charge in [-0.2, -0.15) is 0 Å². The lowest BCUT2D eigenvalue weighted by atomic mass is 9.90. The molecule has 1 aliphatic carbocycles. The van der Waals surface area contributed by atoms with Crippen LogP contribution >= 0.6 is 0 Å². The van der Waals surface area contributed by atoms with Gasteiger partial charge < -0.3 is 0 Å². The molecule has 1 nitrogen and oxygen atoms in total. The van der Waals surface area contributed by atoms with Crippen molar-refractivity contribution in [1.29, 1.82) is 0 Å². The van der Waals surface area contributed by atoms with Gasteiger partial charge in [-0.1, -0.05) is 43.7 Å². The molecule has 74 valence electrons. The highest BCUT2D eigenvalue weighted by molar-refractivity contribution is 5.98. The summed E-state index contributed by atoms with van der Waals surface area (Å²) in [5.74, 6) is 1.19. The Morgan fingerprint density at radius 2 is 1.93 bits per heavy atom. The molecular formula is C13H16O. The summed E-state index contributed by atoms with van der Waals surface area (Å²) in [4.78, 5) is 12.1. The first-order chi connectivity index (χ1) is 6.79. The SMILES string of the molecule is C[C@@H]1CCCC1C(=O)c1ccccc1. The first kappa shape index (κ1) is 9.45. The van der Waals surface area contributed by atoms with Gasteiger partial charge in [-0.05, 0) is 18.8 Å². The summed E-state index contributed by atoms with van der Waals surface area (Å²) >= 11 is 0. The van der Waals surface area contributed by atoms with Gasteiger partial charge in [0, 0.05) is 11.5 Å². The third kappa shape index (κ3) is 1.72.